The number of alkyl halides is 3. The maximum atomic E-state index is 12.7. The first kappa shape index (κ1) is 25.7. The maximum Gasteiger partial charge on any atom is 0.416 e. The molecule has 0 unspecified atom stereocenters. The van der Waals surface area contributed by atoms with Gasteiger partial charge in [-0.15, -0.1) is 0 Å². The van der Waals surface area contributed by atoms with E-state index in [1.54, 1.807) is 24.3 Å². The molecule has 12 heteroatoms. The average Bonchev–Trinajstić information content (AvgIpc) is 2.82. The molecule has 0 spiro atoms. The summed E-state index contributed by atoms with van der Waals surface area (Å²) in [6.07, 6.45) is -5.28. The van der Waals surface area contributed by atoms with Crippen molar-refractivity contribution in [3.8, 4) is 22.9 Å². The van der Waals surface area contributed by atoms with Crippen LogP contribution in [-0.4, -0.2) is 39.0 Å². The van der Waals surface area contributed by atoms with Crippen molar-refractivity contribution in [1.29, 1.82) is 0 Å². The Morgan fingerprint density at radius 2 is 1.69 bits per heavy atom. The van der Waals surface area contributed by atoms with Crippen molar-refractivity contribution in [1.82, 2.24) is 15.3 Å². The summed E-state index contributed by atoms with van der Waals surface area (Å²) >= 11 is 0. The number of aliphatic hydroxyl groups excluding tert-OH is 1. The number of aliphatic hydroxyl groups is 1. The number of hydrogen-bond acceptors (Lipinski definition) is 8. The van der Waals surface area contributed by atoms with Crippen LogP contribution in [0.1, 0.15) is 28.7 Å². The molecule has 0 aliphatic heterocycles. The van der Waals surface area contributed by atoms with Gasteiger partial charge in [-0.3, -0.25) is 14.9 Å². The number of amides is 1. The largest absolute Gasteiger partial charge is 0.457 e. The number of hydrogen-bond donors (Lipinski definition) is 4. The van der Waals surface area contributed by atoms with Crippen LogP contribution >= 0.6 is 0 Å². The third-order valence-electron chi connectivity index (χ3n) is 5.02. The molecule has 0 fully saturated rings. The van der Waals surface area contributed by atoms with Crippen LogP contribution in [0.15, 0.2) is 54.6 Å². The lowest BCUT2D eigenvalue weighted by molar-refractivity contribution is -0.137. The molecule has 0 bridgehead atoms. The molecule has 6 N–H and O–H groups in total. The Morgan fingerprint density at radius 1 is 1.11 bits per heavy atom. The van der Waals surface area contributed by atoms with Gasteiger partial charge in [0.05, 0.1) is 17.4 Å². The molecule has 0 aliphatic carbocycles. The van der Waals surface area contributed by atoms with Crippen molar-refractivity contribution >= 4 is 12.2 Å². The number of rotatable bonds is 9. The van der Waals surface area contributed by atoms with E-state index in [2.05, 4.69) is 15.3 Å². The number of ether oxygens (including phenoxy) is 1. The maximum absolute atomic E-state index is 12.7. The van der Waals surface area contributed by atoms with E-state index >= 15 is 0 Å². The molecule has 3 aromatic rings. The van der Waals surface area contributed by atoms with Gasteiger partial charge in [-0.1, -0.05) is 0 Å². The van der Waals surface area contributed by atoms with Crippen molar-refractivity contribution in [3.05, 3.63) is 71.5 Å². The van der Waals surface area contributed by atoms with Crippen LogP contribution in [0.4, 0.5) is 13.2 Å². The number of carbonyl (C=O) groups is 2. The van der Waals surface area contributed by atoms with Gasteiger partial charge in [-0.05, 0) is 61.5 Å². The fourth-order valence-corrected chi connectivity index (χ4v) is 2.89. The normalized spacial score (nSPS) is 14.1. The number of primary amides is 1. The Bertz CT molecular complexity index is 1200. The SMILES string of the molecule is C[C@@H](O)[C@@](N)(C=O)NCc1cc(C(N)=O)nc(-c2ccc(Oc3ccc(C(F)(F)F)cc3)cc2)n1. The van der Waals surface area contributed by atoms with Gasteiger partial charge < -0.3 is 21.3 Å². The van der Waals surface area contributed by atoms with Crippen molar-refractivity contribution in [2.75, 3.05) is 0 Å². The first-order chi connectivity index (χ1) is 16.4. The summed E-state index contributed by atoms with van der Waals surface area (Å²) in [5.41, 5.74) is 9.36. The number of aromatic nitrogens is 2. The molecule has 9 nitrogen and oxygen atoms in total. The second-order valence-electron chi connectivity index (χ2n) is 7.66. The van der Waals surface area contributed by atoms with Crippen LogP contribution < -0.4 is 21.5 Å². The van der Waals surface area contributed by atoms with E-state index in [0.29, 0.717) is 17.6 Å². The monoisotopic (exact) mass is 489 g/mol. The molecular formula is C23H22F3N5O4. The second kappa shape index (κ2) is 10.2. The molecule has 2 atom stereocenters. The minimum Gasteiger partial charge on any atom is -0.457 e. The Labute approximate surface area is 197 Å². The van der Waals surface area contributed by atoms with Crippen LogP contribution in [0.5, 0.6) is 11.5 Å². The van der Waals surface area contributed by atoms with Crippen molar-refractivity contribution in [2.45, 2.75) is 31.4 Å². The summed E-state index contributed by atoms with van der Waals surface area (Å²) in [6.45, 7) is 1.26. The van der Waals surface area contributed by atoms with Crippen LogP contribution in [0.3, 0.4) is 0 Å². The number of nitrogens with zero attached hydrogens (tertiary/aromatic N) is 2. The van der Waals surface area contributed by atoms with Gasteiger partial charge in [0.25, 0.3) is 5.91 Å². The Morgan fingerprint density at radius 3 is 2.17 bits per heavy atom. The standard InChI is InChI=1S/C23H22F3N5O4/c1-13(33)22(28,12-32)29-11-16-10-19(20(27)34)31-21(30-16)14-2-6-17(7-3-14)35-18-8-4-15(5-9-18)23(24,25)26/h2-10,12-13,29,33H,11,28H2,1H3,(H2,27,34)/t13-,22-/m1/s1. The fourth-order valence-electron chi connectivity index (χ4n) is 2.89. The van der Waals surface area contributed by atoms with Gasteiger partial charge in [-0.25, -0.2) is 9.97 Å². The predicted molar refractivity (Wildman–Crippen MR) is 119 cm³/mol. The predicted octanol–water partition coefficient (Wildman–Crippen LogP) is 2.38. The Kier molecular flexibility index (Phi) is 7.48. The molecule has 1 heterocycles. The number of carbonyl (C=O) groups excluding carboxylic acids is 2. The Hall–Kier alpha value is -3.87. The minimum absolute atomic E-state index is 0.0783. The zero-order valence-electron chi connectivity index (χ0n) is 18.4. The van der Waals surface area contributed by atoms with E-state index in [1.807, 2.05) is 0 Å². The lowest BCUT2D eigenvalue weighted by atomic mass is 10.1. The second-order valence-corrected chi connectivity index (χ2v) is 7.66. The topological polar surface area (TPSA) is 153 Å². The first-order valence-corrected chi connectivity index (χ1v) is 10.2. The van der Waals surface area contributed by atoms with Crippen molar-refractivity contribution in [2.24, 2.45) is 11.5 Å². The highest BCUT2D eigenvalue weighted by Gasteiger charge is 2.30. The molecule has 184 valence electrons. The van der Waals surface area contributed by atoms with E-state index in [4.69, 9.17) is 16.2 Å². The lowest BCUT2D eigenvalue weighted by Crippen LogP contribution is -2.62. The zero-order chi connectivity index (χ0) is 25.8. The Balaban J connectivity index is 1.81. The van der Waals surface area contributed by atoms with E-state index in [0.717, 1.165) is 12.1 Å². The van der Waals surface area contributed by atoms with Gasteiger partial charge in [-0.2, -0.15) is 13.2 Å². The summed E-state index contributed by atoms with van der Waals surface area (Å²) in [4.78, 5) is 31.5. The molecule has 2 aromatic carbocycles. The lowest BCUT2D eigenvalue weighted by Gasteiger charge is -2.27. The molecule has 3 rings (SSSR count). The molecule has 0 saturated carbocycles. The highest BCUT2D eigenvalue weighted by atomic mass is 19.4. The average molecular weight is 489 g/mol. The van der Waals surface area contributed by atoms with Crippen LogP contribution in [0.25, 0.3) is 11.4 Å². The molecule has 1 amide bonds. The van der Waals surface area contributed by atoms with E-state index in [1.165, 1.54) is 25.1 Å². The van der Waals surface area contributed by atoms with Crippen LogP contribution in [0, 0.1) is 0 Å². The molecule has 0 radical (unpaired) electrons. The summed E-state index contributed by atoms with van der Waals surface area (Å²) in [5.74, 6) is -0.103. The van der Waals surface area contributed by atoms with E-state index in [9.17, 15) is 27.9 Å². The summed E-state index contributed by atoms with van der Waals surface area (Å²) in [6, 6.07) is 11.9. The van der Waals surface area contributed by atoms with Gasteiger partial charge in [0, 0.05) is 12.1 Å². The van der Waals surface area contributed by atoms with E-state index in [-0.39, 0.29) is 29.5 Å². The molecule has 0 saturated heterocycles. The number of nitrogens with two attached hydrogens (primary N) is 2. The summed E-state index contributed by atoms with van der Waals surface area (Å²) in [5, 5.41) is 12.4. The molecule has 35 heavy (non-hydrogen) atoms. The smallest absolute Gasteiger partial charge is 0.416 e. The zero-order valence-corrected chi connectivity index (χ0v) is 18.4. The molecule has 0 aliphatic rings. The third-order valence-corrected chi connectivity index (χ3v) is 5.02. The summed E-state index contributed by atoms with van der Waals surface area (Å²) < 4.78 is 43.7. The quantitative estimate of drug-likeness (QED) is 0.264. The first-order valence-electron chi connectivity index (χ1n) is 10.2. The van der Waals surface area contributed by atoms with Crippen LogP contribution in [0.2, 0.25) is 0 Å². The third kappa shape index (κ3) is 6.38. The number of halogens is 3. The molecule has 1 aromatic heterocycles. The van der Waals surface area contributed by atoms with E-state index < -0.39 is 29.4 Å². The number of aldehydes is 1. The number of nitrogens with one attached hydrogen (secondary N) is 1. The fraction of sp³-hybridized carbons (Fsp3) is 0.217. The molecular weight excluding hydrogens is 467 g/mol. The van der Waals surface area contributed by atoms with Gasteiger partial charge >= 0.3 is 6.18 Å². The van der Waals surface area contributed by atoms with Gasteiger partial charge in [0.1, 0.15) is 22.9 Å². The van der Waals surface area contributed by atoms with Gasteiger partial charge in [0.2, 0.25) is 0 Å². The summed E-state index contributed by atoms with van der Waals surface area (Å²) in [7, 11) is 0. The highest BCUT2D eigenvalue weighted by molar-refractivity contribution is 5.91. The van der Waals surface area contributed by atoms with Crippen molar-refractivity contribution in [3.63, 3.8) is 0 Å². The van der Waals surface area contributed by atoms with Gasteiger partial charge in [0.15, 0.2) is 12.1 Å². The van der Waals surface area contributed by atoms with Crippen LogP contribution in [-0.2, 0) is 17.5 Å². The number of benzene rings is 2. The van der Waals surface area contributed by atoms with Crippen molar-refractivity contribution < 1.29 is 32.6 Å². The highest BCUT2D eigenvalue weighted by Crippen LogP contribution is 2.31. The minimum atomic E-state index is -4.44.